The van der Waals surface area contributed by atoms with Crippen molar-refractivity contribution in [2.45, 2.75) is 39.0 Å². The van der Waals surface area contributed by atoms with Crippen LogP contribution in [0.5, 0.6) is 0 Å². The highest BCUT2D eigenvalue weighted by Crippen LogP contribution is 2.31. The molecule has 0 amide bonds. The predicted molar refractivity (Wildman–Crippen MR) is 67.8 cm³/mol. The van der Waals surface area contributed by atoms with Crippen LogP contribution in [0.4, 0.5) is 0 Å². The summed E-state index contributed by atoms with van der Waals surface area (Å²) in [6.07, 6.45) is 4.09. The van der Waals surface area contributed by atoms with Gasteiger partial charge in [0.15, 0.2) is 0 Å². The fourth-order valence-corrected chi connectivity index (χ4v) is 1.97. The molecule has 0 radical (unpaired) electrons. The van der Waals surface area contributed by atoms with Crippen molar-refractivity contribution in [1.82, 2.24) is 9.97 Å². The first kappa shape index (κ1) is 11.1. The summed E-state index contributed by atoms with van der Waals surface area (Å²) in [4.78, 5) is 6.69. The highest BCUT2D eigenvalue weighted by molar-refractivity contribution is 5.33. The zero-order valence-electron chi connectivity index (χ0n) is 10.5. The summed E-state index contributed by atoms with van der Waals surface area (Å²) in [7, 11) is 0. The molecule has 0 atom stereocenters. The Morgan fingerprint density at radius 1 is 1.12 bits per heavy atom. The van der Waals surface area contributed by atoms with E-state index in [2.05, 4.69) is 56.0 Å². The lowest BCUT2D eigenvalue weighted by atomic mass is 9.85. The van der Waals surface area contributed by atoms with Gasteiger partial charge in [-0.05, 0) is 43.5 Å². The van der Waals surface area contributed by atoms with Gasteiger partial charge in [-0.25, -0.2) is 0 Å². The molecule has 2 heteroatoms. The third kappa shape index (κ3) is 1.80. The first-order valence-corrected chi connectivity index (χ1v) is 5.84. The van der Waals surface area contributed by atoms with Crippen molar-refractivity contribution in [1.29, 1.82) is 0 Å². The standard InChI is InChI=1S/C14H20N2/c1-10(2)11-8-13(16-9-11)14(3,4)12-6-5-7-15-12/h5-10,15-16H,1-4H3. The topological polar surface area (TPSA) is 31.6 Å². The highest BCUT2D eigenvalue weighted by atomic mass is 14.8. The lowest BCUT2D eigenvalue weighted by Crippen LogP contribution is -2.19. The Balaban J connectivity index is 2.36. The molecule has 0 saturated heterocycles. The Bertz CT molecular complexity index is 447. The lowest BCUT2D eigenvalue weighted by Gasteiger charge is -2.22. The molecule has 2 nitrogen and oxygen atoms in total. The maximum atomic E-state index is 3.40. The van der Waals surface area contributed by atoms with E-state index in [4.69, 9.17) is 0 Å². The number of aromatic nitrogens is 2. The Hall–Kier alpha value is -1.44. The van der Waals surface area contributed by atoms with E-state index in [-0.39, 0.29) is 5.41 Å². The highest BCUT2D eigenvalue weighted by Gasteiger charge is 2.25. The van der Waals surface area contributed by atoms with Gasteiger partial charge in [0.05, 0.1) is 0 Å². The molecule has 2 aromatic heterocycles. The van der Waals surface area contributed by atoms with Crippen molar-refractivity contribution in [3.05, 3.63) is 47.5 Å². The molecule has 16 heavy (non-hydrogen) atoms. The van der Waals surface area contributed by atoms with Crippen molar-refractivity contribution in [2.75, 3.05) is 0 Å². The quantitative estimate of drug-likeness (QED) is 0.782. The summed E-state index contributed by atoms with van der Waals surface area (Å²) in [5, 5.41) is 0. The summed E-state index contributed by atoms with van der Waals surface area (Å²) in [5.74, 6) is 0.574. The molecule has 2 N–H and O–H groups in total. The Labute approximate surface area is 97.1 Å². The molecular formula is C14H20N2. The fraction of sp³-hybridized carbons (Fsp3) is 0.429. The molecule has 2 rings (SSSR count). The van der Waals surface area contributed by atoms with Crippen LogP contribution in [0.2, 0.25) is 0 Å². The fourth-order valence-electron chi connectivity index (χ4n) is 1.97. The van der Waals surface area contributed by atoms with E-state index in [0.29, 0.717) is 5.92 Å². The van der Waals surface area contributed by atoms with Gasteiger partial charge in [-0.15, -0.1) is 0 Å². The summed E-state index contributed by atoms with van der Waals surface area (Å²) >= 11 is 0. The Morgan fingerprint density at radius 3 is 2.38 bits per heavy atom. The van der Waals surface area contributed by atoms with E-state index >= 15 is 0 Å². The van der Waals surface area contributed by atoms with Crippen molar-refractivity contribution >= 4 is 0 Å². The summed E-state index contributed by atoms with van der Waals surface area (Å²) in [5.41, 5.74) is 3.88. The molecule has 2 aromatic rings. The third-order valence-electron chi connectivity index (χ3n) is 3.32. The van der Waals surface area contributed by atoms with E-state index in [1.165, 1.54) is 17.0 Å². The number of hydrogen-bond acceptors (Lipinski definition) is 0. The minimum absolute atomic E-state index is 0.0106. The molecule has 0 aliphatic rings. The van der Waals surface area contributed by atoms with Gasteiger partial charge in [-0.3, -0.25) is 0 Å². The van der Waals surface area contributed by atoms with Gasteiger partial charge in [0.2, 0.25) is 0 Å². The van der Waals surface area contributed by atoms with Gasteiger partial charge < -0.3 is 9.97 Å². The van der Waals surface area contributed by atoms with Crippen LogP contribution in [0, 0.1) is 0 Å². The predicted octanol–water partition coefficient (Wildman–Crippen LogP) is 3.79. The van der Waals surface area contributed by atoms with Crippen molar-refractivity contribution in [2.24, 2.45) is 0 Å². The van der Waals surface area contributed by atoms with Crippen molar-refractivity contribution in [3.8, 4) is 0 Å². The summed E-state index contributed by atoms with van der Waals surface area (Å²) in [6, 6.07) is 6.45. The molecule has 0 unspecified atom stereocenters. The van der Waals surface area contributed by atoms with Crippen molar-refractivity contribution in [3.63, 3.8) is 0 Å². The smallest absolute Gasteiger partial charge is 0.0447 e. The van der Waals surface area contributed by atoms with Gasteiger partial charge >= 0.3 is 0 Å². The van der Waals surface area contributed by atoms with Crippen LogP contribution < -0.4 is 0 Å². The van der Waals surface area contributed by atoms with E-state index in [1.807, 2.05) is 12.3 Å². The SMILES string of the molecule is CC(C)c1c[nH]c(C(C)(C)c2ccc[nH]2)c1. The van der Waals surface area contributed by atoms with E-state index < -0.39 is 0 Å². The van der Waals surface area contributed by atoms with Gasteiger partial charge in [-0.2, -0.15) is 0 Å². The Kier molecular flexibility index (Phi) is 2.66. The second-order valence-corrected chi connectivity index (χ2v) is 5.21. The molecule has 0 bridgehead atoms. The molecular weight excluding hydrogens is 196 g/mol. The van der Waals surface area contributed by atoms with Gasteiger partial charge in [0.25, 0.3) is 0 Å². The second-order valence-electron chi connectivity index (χ2n) is 5.21. The van der Waals surface area contributed by atoms with Crippen LogP contribution in [0.15, 0.2) is 30.6 Å². The second kappa shape index (κ2) is 3.85. The van der Waals surface area contributed by atoms with Crippen LogP contribution >= 0.6 is 0 Å². The van der Waals surface area contributed by atoms with E-state index in [1.54, 1.807) is 0 Å². The van der Waals surface area contributed by atoms with Gasteiger partial charge in [-0.1, -0.05) is 13.8 Å². The normalized spacial score (nSPS) is 12.3. The minimum atomic E-state index is 0.0106. The van der Waals surface area contributed by atoms with Crippen LogP contribution in [0.3, 0.4) is 0 Å². The number of H-pyrrole nitrogens is 2. The van der Waals surface area contributed by atoms with Gasteiger partial charge in [0.1, 0.15) is 0 Å². The number of nitrogens with one attached hydrogen (secondary N) is 2. The Morgan fingerprint density at radius 2 is 1.88 bits per heavy atom. The van der Waals surface area contributed by atoms with E-state index in [9.17, 15) is 0 Å². The molecule has 0 aromatic carbocycles. The maximum Gasteiger partial charge on any atom is 0.0447 e. The lowest BCUT2D eigenvalue weighted by molar-refractivity contribution is 0.603. The van der Waals surface area contributed by atoms with Crippen LogP contribution in [-0.2, 0) is 5.41 Å². The average molecular weight is 216 g/mol. The molecule has 0 spiro atoms. The number of rotatable bonds is 3. The zero-order valence-corrected chi connectivity index (χ0v) is 10.5. The molecule has 86 valence electrons. The molecule has 0 aliphatic heterocycles. The molecule has 0 saturated carbocycles. The molecule has 0 aliphatic carbocycles. The number of aromatic amines is 2. The summed E-state index contributed by atoms with van der Waals surface area (Å²) < 4.78 is 0. The molecule has 2 heterocycles. The first-order chi connectivity index (χ1) is 7.51. The zero-order chi connectivity index (χ0) is 11.8. The molecule has 0 fully saturated rings. The van der Waals surface area contributed by atoms with Gasteiger partial charge in [0, 0.05) is 29.2 Å². The number of hydrogen-bond donors (Lipinski definition) is 2. The van der Waals surface area contributed by atoms with Crippen LogP contribution in [0.1, 0.15) is 50.6 Å². The van der Waals surface area contributed by atoms with Crippen LogP contribution in [0.25, 0.3) is 0 Å². The summed E-state index contributed by atoms with van der Waals surface area (Å²) in [6.45, 7) is 8.90. The third-order valence-corrected chi connectivity index (χ3v) is 3.32. The minimum Gasteiger partial charge on any atom is -0.364 e. The first-order valence-electron chi connectivity index (χ1n) is 5.84. The maximum absolute atomic E-state index is 3.40. The monoisotopic (exact) mass is 216 g/mol. The van der Waals surface area contributed by atoms with Crippen molar-refractivity contribution < 1.29 is 0 Å². The largest absolute Gasteiger partial charge is 0.364 e. The van der Waals surface area contributed by atoms with E-state index in [0.717, 1.165) is 0 Å². The van der Waals surface area contributed by atoms with Crippen LogP contribution in [-0.4, -0.2) is 9.97 Å². The average Bonchev–Trinajstić information content (AvgIpc) is 2.90.